The summed E-state index contributed by atoms with van der Waals surface area (Å²) >= 11 is 0. The van der Waals surface area contributed by atoms with Crippen molar-refractivity contribution in [1.82, 2.24) is 9.97 Å². The van der Waals surface area contributed by atoms with Gasteiger partial charge in [0.1, 0.15) is 0 Å². The normalized spacial score (nSPS) is 13.7. The van der Waals surface area contributed by atoms with Gasteiger partial charge in [-0.15, -0.1) is 0 Å². The highest BCUT2D eigenvalue weighted by Gasteiger charge is 2.23. The Morgan fingerprint density at radius 3 is 3.00 bits per heavy atom. The Kier molecular flexibility index (Phi) is 4.93. The first kappa shape index (κ1) is 16.2. The fourth-order valence-corrected chi connectivity index (χ4v) is 3.00. The molecule has 2 aromatic rings. The van der Waals surface area contributed by atoms with Crippen LogP contribution >= 0.6 is 0 Å². The Morgan fingerprint density at radius 1 is 1.38 bits per heavy atom. The molecule has 6 nitrogen and oxygen atoms in total. The van der Waals surface area contributed by atoms with Crippen molar-refractivity contribution in [1.29, 1.82) is 0 Å². The first-order chi connectivity index (χ1) is 11.7. The van der Waals surface area contributed by atoms with Crippen molar-refractivity contribution in [2.75, 3.05) is 16.8 Å². The molecule has 1 aliphatic heterocycles. The molecule has 0 unspecified atom stereocenters. The summed E-state index contributed by atoms with van der Waals surface area (Å²) in [5, 5.41) is 2.94. The summed E-state index contributed by atoms with van der Waals surface area (Å²) in [4.78, 5) is 32.9. The number of rotatable bonds is 6. The molecule has 126 valence electrons. The van der Waals surface area contributed by atoms with Crippen LogP contribution in [-0.4, -0.2) is 28.3 Å². The van der Waals surface area contributed by atoms with Crippen LogP contribution in [0, 0.1) is 0 Å². The minimum absolute atomic E-state index is 0.0261. The highest BCUT2D eigenvalue weighted by atomic mass is 16.2. The van der Waals surface area contributed by atoms with Gasteiger partial charge in [0.2, 0.25) is 11.8 Å². The zero-order chi connectivity index (χ0) is 16.9. The number of hydrogen-bond acceptors (Lipinski definition) is 3. The van der Waals surface area contributed by atoms with Crippen LogP contribution in [0.3, 0.4) is 0 Å². The monoisotopic (exact) mass is 326 g/mol. The summed E-state index contributed by atoms with van der Waals surface area (Å²) in [7, 11) is 0. The molecule has 2 N–H and O–H groups in total. The van der Waals surface area contributed by atoms with E-state index in [1.54, 1.807) is 12.5 Å². The molecule has 0 saturated heterocycles. The lowest BCUT2D eigenvalue weighted by Crippen LogP contribution is -2.35. The van der Waals surface area contributed by atoms with E-state index in [4.69, 9.17) is 0 Å². The van der Waals surface area contributed by atoms with Gasteiger partial charge in [-0.3, -0.25) is 9.59 Å². The number of benzene rings is 1. The van der Waals surface area contributed by atoms with Gasteiger partial charge in [0.05, 0.1) is 6.33 Å². The number of aromatic amines is 1. The third-order valence-electron chi connectivity index (χ3n) is 4.19. The number of nitrogens with one attached hydrogen (secondary N) is 2. The molecule has 0 atom stereocenters. The van der Waals surface area contributed by atoms with Gasteiger partial charge in [-0.1, -0.05) is 6.92 Å². The van der Waals surface area contributed by atoms with Gasteiger partial charge >= 0.3 is 0 Å². The first-order valence-corrected chi connectivity index (χ1v) is 8.37. The van der Waals surface area contributed by atoms with Crippen LogP contribution in [0.15, 0.2) is 30.7 Å². The molecule has 0 bridgehead atoms. The van der Waals surface area contributed by atoms with Crippen molar-refractivity contribution in [3.05, 3.63) is 42.0 Å². The van der Waals surface area contributed by atoms with Gasteiger partial charge in [-0.05, 0) is 43.0 Å². The minimum Gasteiger partial charge on any atom is -0.348 e. The molecule has 0 spiro atoms. The lowest BCUT2D eigenvalue weighted by atomic mass is 10.00. The topological polar surface area (TPSA) is 78.1 Å². The molecule has 1 aromatic heterocycles. The molecule has 3 rings (SSSR count). The summed E-state index contributed by atoms with van der Waals surface area (Å²) in [6.07, 6.45) is 6.56. The average molecular weight is 326 g/mol. The van der Waals surface area contributed by atoms with Crippen molar-refractivity contribution in [3.63, 3.8) is 0 Å². The number of fused-ring (bicyclic) bond motifs is 1. The van der Waals surface area contributed by atoms with Crippen molar-refractivity contribution in [2.45, 2.75) is 39.0 Å². The molecule has 6 heteroatoms. The second-order valence-electron chi connectivity index (χ2n) is 6.01. The number of anilines is 2. The third-order valence-corrected chi connectivity index (χ3v) is 4.19. The number of imidazole rings is 1. The van der Waals surface area contributed by atoms with Crippen molar-refractivity contribution in [2.24, 2.45) is 0 Å². The van der Waals surface area contributed by atoms with Crippen molar-refractivity contribution >= 4 is 23.2 Å². The maximum absolute atomic E-state index is 12.1. The molecule has 0 fully saturated rings. The van der Waals surface area contributed by atoms with Gasteiger partial charge in [-0.2, -0.15) is 0 Å². The molecular formula is C18H22N4O2. The molecule has 0 radical (unpaired) electrons. The number of H-pyrrole nitrogens is 1. The number of carbonyl (C=O) groups excluding carboxylic acids is 2. The van der Waals surface area contributed by atoms with Crippen LogP contribution in [0.5, 0.6) is 0 Å². The first-order valence-electron chi connectivity index (χ1n) is 8.37. The Balaban J connectivity index is 1.65. The Morgan fingerprint density at radius 2 is 2.25 bits per heavy atom. The number of nitrogens with zero attached hydrogens (tertiary/aromatic N) is 2. The van der Waals surface area contributed by atoms with Gasteiger partial charge in [0, 0.05) is 42.7 Å². The zero-order valence-corrected chi connectivity index (χ0v) is 13.8. The van der Waals surface area contributed by atoms with Crippen LogP contribution in [0.4, 0.5) is 11.4 Å². The maximum atomic E-state index is 12.1. The molecule has 0 aliphatic carbocycles. The summed E-state index contributed by atoms with van der Waals surface area (Å²) in [6, 6.07) is 5.79. The minimum atomic E-state index is -0.0261. The molecule has 24 heavy (non-hydrogen) atoms. The van der Waals surface area contributed by atoms with E-state index in [-0.39, 0.29) is 11.8 Å². The Bertz CT molecular complexity index is 725. The van der Waals surface area contributed by atoms with E-state index in [1.807, 2.05) is 23.1 Å². The van der Waals surface area contributed by atoms with Crippen molar-refractivity contribution in [3.8, 4) is 0 Å². The number of hydrogen-bond donors (Lipinski definition) is 2. The largest absolute Gasteiger partial charge is 0.348 e. The van der Waals surface area contributed by atoms with E-state index in [0.717, 1.165) is 42.0 Å². The standard InChI is InChI=1S/C18H22N4O2/c1-2-9-22-16-6-4-14(10-13(16)3-8-18(22)24)21-17(23)7-5-15-11-19-12-20-15/h4,6,10-12H,2-3,5,7-9H2,1H3,(H,19,20)(H,21,23). The second kappa shape index (κ2) is 7.29. The molecule has 2 amide bonds. The predicted molar refractivity (Wildman–Crippen MR) is 92.9 cm³/mol. The Labute approximate surface area is 141 Å². The summed E-state index contributed by atoms with van der Waals surface area (Å²) in [5.41, 5.74) is 3.83. The van der Waals surface area contributed by atoms with Crippen LogP contribution in [0.25, 0.3) is 0 Å². The zero-order valence-electron chi connectivity index (χ0n) is 13.8. The summed E-state index contributed by atoms with van der Waals surface area (Å²) in [6.45, 7) is 2.80. The molecule has 0 saturated carbocycles. The van der Waals surface area contributed by atoms with Gasteiger partial charge in [-0.25, -0.2) is 4.98 Å². The quantitative estimate of drug-likeness (QED) is 0.856. The SMILES string of the molecule is CCCN1C(=O)CCc2cc(NC(=O)CCc3cnc[nH]3)ccc21. The second-order valence-corrected chi connectivity index (χ2v) is 6.01. The van der Waals surface area contributed by atoms with E-state index >= 15 is 0 Å². The average Bonchev–Trinajstić information content (AvgIpc) is 3.09. The molecule has 2 heterocycles. The van der Waals surface area contributed by atoms with Gasteiger partial charge in [0.15, 0.2) is 0 Å². The predicted octanol–water partition coefficient (Wildman–Crippen LogP) is 2.67. The number of aromatic nitrogens is 2. The summed E-state index contributed by atoms with van der Waals surface area (Å²) in [5.74, 6) is 0.155. The third kappa shape index (κ3) is 3.64. The lowest BCUT2D eigenvalue weighted by molar-refractivity contribution is -0.119. The Hall–Kier alpha value is -2.63. The highest BCUT2D eigenvalue weighted by molar-refractivity contribution is 5.97. The summed E-state index contributed by atoms with van der Waals surface area (Å²) < 4.78 is 0. The fraction of sp³-hybridized carbons (Fsp3) is 0.389. The van der Waals surface area contributed by atoms with E-state index in [9.17, 15) is 9.59 Å². The van der Waals surface area contributed by atoms with Crippen LogP contribution in [0.1, 0.15) is 37.4 Å². The molecule has 1 aliphatic rings. The lowest BCUT2D eigenvalue weighted by Gasteiger charge is -2.29. The molecule has 1 aromatic carbocycles. The smallest absolute Gasteiger partial charge is 0.227 e. The van der Waals surface area contributed by atoms with E-state index in [0.29, 0.717) is 19.3 Å². The van der Waals surface area contributed by atoms with Crippen LogP contribution in [0.2, 0.25) is 0 Å². The number of aryl methyl sites for hydroxylation is 2. The van der Waals surface area contributed by atoms with E-state index < -0.39 is 0 Å². The number of carbonyl (C=O) groups is 2. The van der Waals surface area contributed by atoms with Crippen LogP contribution < -0.4 is 10.2 Å². The van der Waals surface area contributed by atoms with Crippen LogP contribution in [-0.2, 0) is 22.4 Å². The fourth-order valence-electron chi connectivity index (χ4n) is 3.00. The maximum Gasteiger partial charge on any atom is 0.227 e. The molecular weight excluding hydrogens is 304 g/mol. The van der Waals surface area contributed by atoms with Gasteiger partial charge < -0.3 is 15.2 Å². The number of amides is 2. The van der Waals surface area contributed by atoms with E-state index in [1.165, 1.54) is 0 Å². The van der Waals surface area contributed by atoms with Crippen molar-refractivity contribution < 1.29 is 9.59 Å². The van der Waals surface area contributed by atoms with Gasteiger partial charge in [0.25, 0.3) is 0 Å². The van der Waals surface area contributed by atoms with E-state index in [2.05, 4.69) is 22.2 Å². The highest BCUT2D eigenvalue weighted by Crippen LogP contribution is 2.30.